The monoisotopic (exact) mass is 317 g/mol. The molecule has 5 heteroatoms. The molecular weight excluding hydrogens is 302 g/mol. The molecule has 0 bridgehead atoms. The van der Waals surface area contributed by atoms with Gasteiger partial charge in [0.05, 0.1) is 9.50 Å². The summed E-state index contributed by atoms with van der Waals surface area (Å²) in [6, 6.07) is 1.86. The molecule has 0 aliphatic carbocycles. The van der Waals surface area contributed by atoms with Crippen molar-refractivity contribution in [1.82, 2.24) is 10.3 Å². The number of rotatable bonds is 4. The Kier molecular flexibility index (Phi) is 5.07. The molecular formula is C12H17BrClN3. The minimum Gasteiger partial charge on any atom is -0.369 e. The summed E-state index contributed by atoms with van der Waals surface area (Å²) >= 11 is 9.30. The first-order chi connectivity index (χ1) is 8.25. The lowest BCUT2D eigenvalue weighted by molar-refractivity contribution is 0.364. The van der Waals surface area contributed by atoms with E-state index in [1.807, 2.05) is 6.07 Å². The van der Waals surface area contributed by atoms with Crippen LogP contribution >= 0.6 is 27.5 Å². The van der Waals surface area contributed by atoms with Gasteiger partial charge in [0.15, 0.2) is 0 Å². The largest absolute Gasteiger partial charge is 0.369 e. The van der Waals surface area contributed by atoms with E-state index in [4.69, 9.17) is 11.6 Å². The predicted octanol–water partition coefficient (Wildman–Crippen LogP) is 3.30. The second-order valence-corrected chi connectivity index (χ2v) is 5.70. The van der Waals surface area contributed by atoms with Crippen LogP contribution in [0.4, 0.5) is 5.82 Å². The zero-order valence-corrected chi connectivity index (χ0v) is 12.0. The Labute approximate surface area is 115 Å². The van der Waals surface area contributed by atoms with Gasteiger partial charge in [-0.25, -0.2) is 4.98 Å². The van der Waals surface area contributed by atoms with Crippen molar-refractivity contribution >= 4 is 33.3 Å². The van der Waals surface area contributed by atoms with Crippen molar-refractivity contribution in [1.29, 1.82) is 0 Å². The molecule has 2 rings (SSSR count). The molecule has 2 N–H and O–H groups in total. The topological polar surface area (TPSA) is 37.0 Å². The number of piperidine rings is 1. The first-order valence-corrected chi connectivity index (χ1v) is 7.18. The highest BCUT2D eigenvalue weighted by Gasteiger charge is 2.12. The van der Waals surface area contributed by atoms with Crippen LogP contribution in [0.25, 0.3) is 0 Å². The molecule has 17 heavy (non-hydrogen) atoms. The van der Waals surface area contributed by atoms with Crippen LogP contribution in [0.5, 0.6) is 0 Å². The number of hydrogen-bond donors (Lipinski definition) is 2. The third-order valence-electron chi connectivity index (χ3n) is 3.05. The first-order valence-electron chi connectivity index (χ1n) is 6.01. The van der Waals surface area contributed by atoms with Gasteiger partial charge in [0.1, 0.15) is 5.82 Å². The average molecular weight is 319 g/mol. The highest BCUT2D eigenvalue weighted by molar-refractivity contribution is 9.10. The summed E-state index contributed by atoms with van der Waals surface area (Å²) in [4.78, 5) is 4.25. The smallest absolute Gasteiger partial charge is 0.140 e. The van der Waals surface area contributed by atoms with Crippen molar-refractivity contribution in [3.63, 3.8) is 0 Å². The zero-order valence-electron chi connectivity index (χ0n) is 9.68. The van der Waals surface area contributed by atoms with Crippen molar-refractivity contribution in [2.24, 2.45) is 5.92 Å². The molecule has 0 aromatic carbocycles. The van der Waals surface area contributed by atoms with E-state index in [2.05, 4.69) is 31.5 Å². The number of hydrogen-bond acceptors (Lipinski definition) is 3. The standard InChI is InChI=1S/C12H17BrClN3/c13-11-6-10(14)8-17-12(11)16-5-3-9-2-1-4-15-7-9/h6,8-9,15H,1-5,7H2,(H,16,17). The molecule has 3 nitrogen and oxygen atoms in total. The Morgan fingerprint density at radius 2 is 2.47 bits per heavy atom. The Balaban J connectivity index is 1.77. The summed E-state index contributed by atoms with van der Waals surface area (Å²) < 4.78 is 0.923. The minimum atomic E-state index is 0.652. The highest BCUT2D eigenvalue weighted by atomic mass is 79.9. The van der Waals surface area contributed by atoms with Gasteiger partial charge in [0.2, 0.25) is 0 Å². The van der Waals surface area contributed by atoms with E-state index in [0.29, 0.717) is 5.02 Å². The van der Waals surface area contributed by atoms with E-state index in [0.717, 1.165) is 29.3 Å². The summed E-state index contributed by atoms with van der Waals surface area (Å²) in [5, 5.41) is 7.43. The molecule has 94 valence electrons. The van der Waals surface area contributed by atoms with Crippen LogP contribution < -0.4 is 10.6 Å². The van der Waals surface area contributed by atoms with Crippen molar-refractivity contribution in [3.8, 4) is 0 Å². The van der Waals surface area contributed by atoms with E-state index >= 15 is 0 Å². The molecule has 2 heterocycles. The second-order valence-electron chi connectivity index (χ2n) is 4.41. The van der Waals surface area contributed by atoms with Gasteiger partial charge in [0.25, 0.3) is 0 Å². The maximum absolute atomic E-state index is 5.84. The van der Waals surface area contributed by atoms with Gasteiger partial charge < -0.3 is 10.6 Å². The maximum Gasteiger partial charge on any atom is 0.140 e. The van der Waals surface area contributed by atoms with E-state index in [-0.39, 0.29) is 0 Å². The molecule has 1 aromatic rings. The summed E-state index contributed by atoms with van der Waals surface area (Å²) in [7, 11) is 0. The molecule has 0 radical (unpaired) electrons. The zero-order chi connectivity index (χ0) is 12.1. The normalized spacial score (nSPS) is 20.2. The third kappa shape index (κ3) is 4.12. The Bertz CT molecular complexity index is 367. The molecule has 1 fully saturated rings. The van der Waals surface area contributed by atoms with E-state index in [1.165, 1.54) is 25.8 Å². The minimum absolute atomic E-state index is 0.652. The number of pyridine rings is 1. The van der Waals surface area contributed by atoms with E-state index < -0.39 is 0 Å². The van der Waals surface area contributed by atoms with Gasteiger partial charge in [-0.3, -0.25) is 0 Å². The van der Waals surface area contributed by atoms with Crippen LogP contribution in [0, 0.1) is 5.92 Å². The molecule has 0 amide bonds. The maximum atomic E-state index is 5.84. The first kappa shape index (κ1) is 13.1. The van der Waals surface area contributed by atoms with E-state index in [1.54, 1.807) is 6.20 Å². The van der Waals surface area contributed by atoms with Crippen LogP contribution in [0.3, 0.4) is 0 Å². The number of anilines is 1. The average Bonchev–Trinajstić information content (AvgIpc) is 2.33. The molecule has 1 aromatic heterocycles. The third-order valence-corrected chi connectivity index (χ3v) is 3.86. The van der Waals surface area contributed by atoms with E-state index in [9.17, 15) is 0 Å². The number of nitrogens with one attached hydrogen (secondary N) is 2. The fourth-order valence-electron chi connectivity index (χ4n) is 2.11. The van der Waals surface area contributed by atoms with Crippen molar-refractivity contribution in [2.45, 2.75) is 19.3 Å². The Morgan fingerprint density at radius 3 is 3.18 bits per heavy atom. The summed E-state index contributed by atoms with van der Waals surface area (Å²) in [6.07, 6.45) is 5.48. The molecule has 1 atom stereocenters. The fraction of sp³-hybridized carbons (Fsp3) is 0.583. The lowest BCUT2D eigenvalue weighted by Gasteiger charge is -2.22. The van der Waals surface area contributed by atoms with Crippen LogP contribution in [0.15, 0.2) is 16.7 Å². The van der Waals surface area contributed by atoms with Crippen LogP contribution in [0.2, 0.25) is 5.02 Å². The summed E-state index contributed by atoms with van der Waals surface area (Å²) in [5.41, 5.74) is 0. The van der Waals surface area contributed by atoms with Gasteiger partial charge in [0, 0.05) is 12.7 Å². The molecule has 1 aliphatic rings. The lowest BCUT2D eigenvalue weighted by atomic mass is 9.96. The van der Waals surface area contributed by atoms with Crippen molar-refractivity contribution < 1.29 is 0 Å². The van der Waals surface area contributed by atoms with Gasteiger partial charge in [-0.1, -0.05) is 11.6 Å². The summed E-state index contributed by atoms with van der Waals surface area (Å²) in [5.74, 6) is 1.67. The predicted molar refractivity (Wildman–Crippen MR) is 75.6 cm³/mol. The molecule has 1 unspecified atom stereocenters. The van der Waals surface area contributed by atoms with Gasteiger partial charge >= 0.3 is 0 Å². The van der Waals surface area contributed by atoms with Crippen LogP contribution in [-0.4, -0.2) is 24.6 Å². The number of aromatic nitrogens is 1. The number of nitrogens with zero attached hydrogens (tertiary/aromatic N) is 1. The fourth-order valence-corrected chi connectivity index (χ4v) is 2.89. The molecule has 1 aliphatic heterocycles. The van der Waals surface area contributed by atoms with Crippen LogP contribution in [0.1, 0.15) is 19.3 Å². The van der Waals surface area contributed by atoms with Crippen molar-refractivity contribution in [3.05, 3.63) is 21.8 Å². The summed E-state index contributed by atoms with van der Waals surface area (Å²) in [6.45, 7) is 3.28. The number of halogens is 2. The van der Waals surface area contributed by atoms with Gasteiger partial charge in [-0.2, -0.15) is 0 Å². The molecule has 0 saturated carbocycles. The highest BCUT2D eigenvalue weighted by Crippen LogP contribution is 2.23. The Morgan fingerprint density at radius 1 is 1.59 bits per heavy atom. The Hall–Kier alpha value is -0.320. The molecule has 0 spiro atoms. The quantitative estimate of drug-likeness (QED) is 0.894. The second kappa shape index (κ2) is 6.57. The van der Waals surface area contributed by atoms with Gasteiger partial charge in [-0.15, -0.1) is 0 Å². The lowest BCUT2D eigenvalue weighted by Crippen LogP contribution is -2.30. The van der Waals surface area contributed by atoms with Gasteiger partial charge in [-0.05, 0) is 60.3 Å². The van der Waals surface area contributed by atoms with Crippen LogP contribution in [-0.2, 0) is 0 Å². The SMILES string of the molecule is Clc1cnc(NCCC2CCCNC2)c(Br)c1. The van der Waals surface area contributed by atoms with Crippen molar-refractivity contribution in [2.75, 3.05) is 25.0 Å². The molecule has 1 saturated heterocycles.